The number of hydrogen-bond donors (Lipinski definition) is 1. The zero-order chi connectivity index (χ0) is 14.5. The summed E-state index contributed by atoms with van der Waals surface area (Å²) in [5.41, 5.74) is 1.90. The second-order valence-corrected chi connectivity index (χ2v) is 4.46. The monoisotopic (exact) mass is 273 g/mol. The van der Waals surface area contributed by atoms with Crippen LogP contribution in [-0.4, -0.2) is 13.1 Å². The van der Waals surface area contributed by atoms with E-state index < -0.39 is 0 Å². The molecule has 0 saturated carbocycles. The molecule has 1 unspecified atom stereocenters. The van der Waals surface area contributed by atoms with E-state index in [1.54, 1.807) is 42.5 Å². The van der Waals surface area contributed by atoms with E-state index >= 15 is 0 Å². The Morgan fingerprint density at radius 2 is 1.80 bits per heavy atom. The van der Waals surface area contributed by atoms with Crippen molar-refractivity contribution in [2.45, 2.75) is 13.0 Å². The van der Waals surface area contributed by atoms with E-state index in [-0.39, 0.29) is 17.8 Å². The van der Waals surface area contributed by atoms with E-state index in [0.29, 0.717) is 11.1 Å². The Labute approximate surface area is 117 Å². The van der Waals surface area contributed by atoms with Crippen LogP contribution < -0.4 is 5.32 Å². The molecule has 1 N–H and O–H groups in total. The SMILES string of the molecule is COC(=O)c1ccc(NC(C)c2ccccc2F)cc1. The number of esters is 1. The molecule has 0 aliphatic heterocycles. The predicted molar refractivity (Wildman–Crippen MR) is 76.2 cm³/mol. The van der Waals surface area contributed by atoms with Gasteiger partial charge in [-0.15, -0.1) is 0 Å². The molecule has 0 amide bonds. The van der Waals surface area contributed by atoms with Crippen molar-refractivity contribution in [1.82, 2.24) is 0 Å². The molecular formula is C16H16FNO2. The van der Waals surface area contributed by atoms with Crippen molar-refractivity contribution in [2.75, 3.05) is 12.4 Å². The first-order chi connectivity index (χ1) is 9.61. The molecule has 1 atom stereocenters. The minimum atomic E-state index is -0.376. The van der Waals surface area contributed by atoms with Crippen LogP contribution in [-0.2, 0) is 4.74 Å². The molecule has 0 aliphatic rings. The number of rotatable bonds is 4. The van der Waals surface area contributed by atoms with Gasteiger partial charge in [-0.25, -0.2) is 9.18 Å². The molecule has 20 heavy (non-hydrogen) atoms. The number of anilines is 1. The van der Waals surface area contributed by atoms with Gasteiger partial charge in [-0.3, -0.25) is 0 Å². The molecule has 2 rings (SSSR count). The Bertz CT molecular complexity index is 596. The Hall–Kier alpha value is -2.36. The van der Waals surface area contributed by atoms with Gasteiger partial charge in [0.25, 0.3) is 0 Å². The minimum absolute atomic E-state index is 0.167. The molecule has 0 radical (unpaired) electrons. The van der Waals surface area contributed by atoms with Crippen molar-refractivity contribution in [2.24, 2.45) is 0 Å². The minimum Gasteiger partial charge on any atom is -0.465 e. The molecule has 0 bridgehead atoms. The van der Waals surface area contributed by atoms with Crippen LogP contribution in [0.15, 0.2) is 48.5 Å². The summed E-state index contributed by atoms with van der Waals surface area (Å²) in [5.74, 6) is -0.614. The van der Waals surface area contributed by atoms with Crippen LogP contribution in [0.3, 0.4) is 0 Å². The van der Waals surface area contributed by atoms with E-state index in [1.807, 2.05) is 6.92 Å². The lowest BCUT2D eigenvalue weighted by atomic mass is 10.1. The fraction of sp³-hybridized carbons (Fsp3) is 0.188. The molecule has 4 heteroatoms. The van der Waals surface area contributed by atoms with Crippen molar-refractivity contribution in [1.29, 1.82) is 0 Å². The standard InChI is InChI=1S/C16H16FNO2/c1-11(14-5-3-4-6-15(14)17)18-13-9-7-12(8-10-13)16(19)20-2/h3-11,18H,1-2H3. The molecule has 104 valence electrons. The van der Waals surface area contributed by atoms with E-state index in [2.05, 4.69) is 10.1 Å². The van der Waals surface area contributed by atoms with Crippen LogP contribution in [0.4, 0.5) is 10.1 Å². The highest BCUT2D eigenvalue weighted by Crippen LogP contribution is 2.21. The van der Waals surface area contributed by atoms with Gasteiger partial charge in [-0.2, -0.15) is 0 Å². The summed E-state index contributed by atoms with van der Waals surface area (Å²) in [6, 6.07) is 13.4. The zero-order valence-electron chi connectivity index (χ0n) is 11.4. The summed E-state index contributed by atoms with van der Waals surface area (Å²) >= 11 is 0. The number of carbonyl (C=O) groups is 1. The molecule has 0 spiro atoms. The van der Waals surface area contributed by atoms with Gasteiger partial charge >= 0.3 is 5.97 Å². The third-order valence-corrected chi connectivity index (χ3v) is 3.06. The van der Waals surface area contributed by atoms with E-state index in [0.717, 1.165) is 5.69 Å². The van der Waals surface area contributed by atoms with Crippen LogP contribution in [0.25, 0.3) is 0 Å². The van der Waals surface area contributed by atoms with Gasteiger partial charge in [0.1, 0.15) is 5.82 Å². The van der Waals surface area contributed by atoms with Crippen molar-refractivity contribution in [3.05, 3.63) is 65.5 Å². The highest BCUT2D eigenvalue weighted by Gasteiger charge is 2.10. The molecule has 0 heterocycles. The molecule has 0 aromatic heterocycles. The number of hydrogen-bond acceptors (Lipinski definition) is 3. The number of halogens is 1. The molecule has 0 saturated heterocycles. The Kier molecular flexibility index (Phi) is 4.35. The molecule has 3 nitrogen and oxygen atoms in total. The number of ether oxygens (including phenoxy) is 1. The summed E-state index contributed by atoms with van der Waals surface area (Å²) in [6.45, 7) is 1.88. The van der Waals surface area contributed by atoms with Crippen LogP contribution >= 0.6 is 0 Å². The molecule has 0 fully saturated rings. The molecule has 2 aromatic rings. The number of nitrogens with one attached hydrogen (secondary N) is 1. The maximum atomic E-state index is 13.7. The van der Waals surface area contributed by atoms with Gasteiger partial charge in [-0.05, 0) is 37.3 Å². The zero-order valence-corrected chi connectivity index (χ0v) is 11.4. The smallest absolute Gasteiger partial charge is 0.337 e. The second-order valence-electron chi connectivity index (χ2n) is 4.46. The Balaban J connectivity index is 2.10. The third kappa shape index (κ3) is 3.15. The maximum absolute atomic E-state index is 13.7. The molecule has 0 aliphatic carbocycles. The summed E-state index contributed by atoms with van der Waals surface area (Å²) in [4.78, 5) is 11.3. The van der Waals surface area contributed by atoms with Gasteiger partial charge in [-0.1, -0.05) is 18.2 Å². The average molecular weight is 273 g/mol. The first kappa shape index (κ1) is 14.1. The highest BCUT2D eigenvalue weighted by atomic mass is 19.1. The fourth-order valence-corrected chi connectivity index (χ4v) is 1.97. The predicted octanol–water partition coefficient (Wildman–Crippen LogP) is 3.79. The van der Waals surface area contributed by atoms with Crippen LogP contribution in [0, 0.1) is 5.82 Å². The number of methoxy groups -OCH3 is 1. The van der Waals surface area contributed by atoms with Crippen molar-refractivity contribution in [3.8, 4) is 0 Å². The Morgan fingerprint density at radius 3 is 2.40 bits per heavy atom. The van der Waals surface area contributed by atoms with Crippen molar-refractivity contribution in [3.63, 3.8) is 0 Å². The molecular weight excluding hydrogens is 257 g/mol. The lowest BCUT2D eigenvalue weighted by Crippen LogP contribution is -2.09. The normalized spacial score (nSPS) is 11.8. The van der Waals surface area contributed by atoms with Crippen LogP contribution in [0.5, 0.6) is 0 Å². The fourth-order valence-electron chi connectivity index (χ4n) is 1.97. The van der Waals surface area contributed by atoms with Gasteiger partial charge in [0.2, 0.25) is 0 Å². The van der Waals surface area contributed by atoms with Crippen molar-refractivity contribution >= 4 is 11.7 Å². The lowest BCUT2D eigenvalue weighted by Gasteiger charge is -2.16. The lowest BCUT2D eigenvalue weighted by molar-refractivity contribution is 0.0601. The average Bonchev–Trinajstić information content (AvgIpc) is 2.47. The topological polar surface area (TPSA) is 38.3 Å². The molecule has 2 aromatic carbocycles. The van der Waals surface area contributed by atoms with E-state index in [4.69, 9.17) is 0 Å². The highest BCUT2D eigenvalue weighted by molar-refractivity contribution is 5.89. The quantitative estimate of drug-likeness (QED) is 0.861. The first-order valence-electron chi connectivity index (χ1n) is 6.31. The third-order valence-electron chi connectivity index (χ3n) is 3.06. The van der Waals surface area contributed by atoms with Crippen LogP contribution in [0.2, 0.25) is 0 Å². The van der Waals surface area contributed by atoms with E-state index in [9.17, 15) is 9.18 Å². The van der Waals surface area contributed by atoms with Crippen molar-refractivity contribution < 1.29 is 13.9 Å². The maximum Gasteiger partial charge on any atom is 0.337 e. The summed E-state index contributed by atoms with van der Waals surface area (Å²) < 4.78 is 18.3. The first-order valence-corrected chi connectivity index (χ1v) is 6.31. The summed E-state index contributed by atoms with van der Waals surface area (Å²) in [7, 11) is 1.34. The van der Waals surface area contributed by atoms with Gasteiger partial charge in [0.05, 0.1) is 18.7 Å². The Morgan fingerprint density at radius 1 is 1.15 bits per heavy atom. The second kappa shape index (κ2) is 6.19. The van der Waals surface area contributed by atoms with E-state index in [1.165, 1.54) is 13.2 Å². The number of benzene rings is 2. The van der Waals surface area contributed by atoms with Crippen LogP contribution in [0.1, 0.15) is 28.9 Å². The number of carbonyl (C=O) groups excluding carboxylic acids is 1. The van der Waals surface area contributed by atoms with Gasteiger partial charge < -0.3 is 10.1 Å². The largest absolute Gasteiger partial charge is 0.465 e. The van der Waals surface area contributed by atoms with Gasteiger partial charge in [0.15, 0.2) is 0 Å². The van der Waals surface area contributed by atoms with Gasteiger partial charge in [0, 0.05) is 11.3 Å². The summed E-state index contributed by atoms with van der Waals surface area (Å²) in [5, 5.41) is 3.19. The summed E-state index contributed by atoms with van der Waals surface area (Å²) in [6.07, 6.45) is 0.